The summed E-state index contributed by atoms with van der Waals surface area (Å²) in [4.78, 5) is 27.3. The van der Waals surface area contributed by atoms with E-state index >= 15 is 0 Å². The zero-order valence-corrected chi connectivity index (χ0v) is 21.5. The minimum Gasteiger partial charge on any atom is -0.504 e. The SMILES string of the molecule is CCC1CN2CCC(Nc3ccc(-c4ccccc4)c(OC)c3C=O)C2CC1/C(=C\OC)C(=O)OC. The van der Waals surface area contributed by atoms with E-state index in [1.54, 1.807) is 20.5 Å². The molecule has 192 valence electrons. The number of methoxy groups -OCH3 is 3. The fourth-order valence-electron chi connectivity index (χ4n) is 5.94. The third kappa shape index (κ3) is 4.98. The number of carbonyl (C=O) groups is 2. The zero-order chi connectivity index (χ0) is 25.7. The Hall–Kier alpha value is -3.32. The minimum atomic E-state index is -0.333. The quantitative estimate of drug-likeness (QED) is 0.234. The second kappa shape index (κ2) is 11.6. The summed E-state index contributed by atoms with van der Waals surface area (Å²) in [6, 6.07) is 14.3. The van der Waals surface area contributed by atoms with Gasteiger partial charge in [-0.25, -0.2) is 4.79 Å². The van der Waals surface area contributed by atoms with Crippen molar-refractivity contribution in [2.24, 2.45) is 11.8 Å². The molecule has 4 rings (SSSR count). The maximum atomic E-state index is 12.6. The maximum absolute atomic E-state index is 12.6. The van der Waals surface area contributed by atoms with E-state index < -0.39 is 0 Å². The Morgan fingerprint density at radius 1 is 1.14 bits per heavy atom. The lowest BCUT2D eigenvalue weighted by molar-refractivity contribution is -0.137. The highest BCUT2D eigenvalue weighted by Crippen LogP contribution is 2.42. The summed E-state index contributed by atoms with van der Waals surface area (Å²) >= 11 is 0. The summed E-state index contributed by atoms with van der Waals surface area (Å²) < 4.78 is 16.1. The van der Waals surface area contributed by atoms with Gasteiger partial charge in [-0.1, -0.05) is 43.7 Å². The van der Waals surface area contributed by atoms with Gasteiger partial charge in [0.25, 0.3) is 0 Å². The molecule has 0 radical (unpaired) electrons. The lowest BCUT2D eigenvalue weighted by Crippen LogP contribution is -2.49. The highest BCUT2D eigenvalue weighted by Gasteiger charge is 2.45. The van der Waals surface area contributed by atoms with E-state index in [0.29, 0.717) is 22.8 Å². The van der Waals surface area contributed by atoms with Crippen LogP contribution in [-0.4, -0.2) is 63.7 Å². The molecule has 7 nitrogen and oxygen atoms in total. The number of rotatable bonds is 9. The van der Waals surface area contributed by atoms with Gasteiger partial charge in [0.15, 0.2) is 6.29 Å². The van der Waals surface area contributed by atoms with Gasteiger partial charge in [0.1, 0.15) is 5.75 Å². The number of anilines is 1. The first-order valence-electron chi connectivity index (χ1n) is 12.6. The number of ether oxygens (including phenoxy) is 3. The summed E-state index contributed by atoms with van der Waals surface area (Å²) in [7, 11) is 4.57. The second-order valence-corrected chi connectivity index (χ2v) is 9.50. The summed E-state index contributed by atoms with van der Waals surface area (Å²) in [6.07, 6.45) is 5.15. The number of aldehydes is 1. The first-order valence-corrected chi connectivity index (χ1v) is 12.6. The molecule has 0 aliphatic carbocycles. The van der Waals surface area contributed by atoms with E-state index in [0.717, 1.165) is 55.5 Å². The zero-order valence-electron chi connectivity index (χ0n) is 21.5. The van der Waals surface area contributed by atoms with Crippen molar-refractivity contribution in [3.8, 4) is 16.9 Å². The molecule has 4 unspecified atom stereocenters. The third-order valence-corrected chi connectivity index (χ3v) is 7.73. The number of benzene rings is 2. The molecule has 2 saturated heterocycles. The number of esters is 1. The number of hydrogen-bond donors (Lipinski definition) is 1. The van der Waals surface area contributed by atoms with E-state index in [2.05, 4.69) is 17.1 Å². The molecule has 1 N–H and O–H groups in total. The Morgan fingerprint density at radius 2 is 1.92 bits per heavy atom. The summed E-state index contributed by atoms with van der Waals surface area (Å²) in [6.45, 7) is 4.06. The van der Waals surface area contributed by atoms with Gasteiger partial charge in [-0.2, -0.15) is 0 Å². The average Bonchev–Trinajstić information content (AvgIpc) is 3.31. The lowest BCUT2D eigenvalue weighted by atomic mass is 9.75. The van der Waals surface area contributed by atoms with Gasteiger partial charge in [-0.3, -0.25) is 9.69 Å². The number of carbonyl (C=O) groups excluding carboxylic acids is 2. The predicted octanol–water partition coefficient (Wildman–Crippen LogP) is 4.78. The smallest absolute Gasteiger partial charge is 0.337 e. The third-order valence-electron chi connectivity index (χ3n) is 7.73. The second-order valence-electron chi connectivity index (χ2n) is 9.50. The van der Waals surface area contributed by atoms with Crippen LogP contribution >= 0.6 is 0 Å². The predicted molar refractivity (Wildman–Crippen MR) is 140 cm³/mol. The van der Waals surface area contributed by atoms with Crippen LogP contribution in [0.25, 0.3) is 11.1 Å². The van der Waals surface area contributed by atoms with Crippen molar-refractivity contribution < 1.29 is 23.8 Å². The average molecular weight is 493 g/mol. The van der Waals surface area contributed by atoms with Gasteiger partial charge in [-0.05, 0) is 42.4 Å². The molecule has 0 spiro atoms. The molecular weight excluding hydrogens is 456 g/mol. The first kappa shape index (κ1) is 25.8. The summed E-state index contributed by atoms with van der Waals surface area (Å²) in [5.74, 6) is 0.628. The summed E-state index contributed by atoms with van der Waals surface area (Å²) in [5.41, 5.74) is 3.76. The fraction of sp³-hybridized carbons (Fsp3) is 0.448. The van der Waals surface area contributed by atoms with Crippen LogP contribution in [0.1, 0.15) is 36.5 Å². The molecule has 2 aliphatic heterocycles. The monoisotopic (exact) mass is 492 g/mol. The highest BCUT2D eigenvalue weighted by atomic mass is 16.5. The molecule has 2 aromatic rings. The van der Waals surface area contributed by atoms with Crippen LogP contribution in [0.15, 0.2) is 54.3 Å². The maximum Gasteiger partial charge on any atom is 0.337 e. The van der Waals surface area contributed by atoms with Crippen molar-refractivity contribution in [2.75, 3.05) is 39.7 Å². The number of fused-ring (bicyclic) bond motifs is 1. The van der Waals surface area contributed by atoms with Crippen molar-refractivity contribution in [3.63, 3.8) is 0 Å². The Morgan fingerprint density at radius 3 is 2.56 bits per heavy atom. The van der Waals surface area contributed by atoms with Crippen LogP contribution in [0.4, 0.5) is 5.69 Å². The molecule has 0 saturated carbocycles. The molecule has 4 atom stereocenters. The largest absolute Gasteiger partial charge is 0.504 e. The topological polar surface area (TPSA) is 77.1 Å². The Kier molecular flexibility index (Phi) is 8.31. The molecule has 2 heterocycles. The van der Waals surface area contributed by atoms with Crippen molar-refractivity contribution in [1.82, 2.24) is 4.90 Å². The van der Waals surface area contributed by atoms with E-state index in [-0.39, 0.29) is 24.0 Å². The van der Waals surface area contributed by atoms with Crippen LogP contribution in [0, 0.1) is 11.8 Å². The van der Waals surface area contributed by atoms with Crippen LogP contribution in [0.2, 0.25) is 0 Å². The van der Waals surface area contributed by atoms with E-state index in [4.69, 9.17) is 14.2 Å². The number of piperidine rings is 1. The van der Waals surface area contributed by atoms with Gasteiger partial charge >= 0.3 is 5.97 Å². The van der Waals surface area contributed by atoms with E-state index in [1.807, 2.05) is 42.5 Å². The number of hydrogen-bond acceptors (Lipinski definition) is 7. The molecule has 0 aromatic heterocycles. The Labute approximate surface area is 213 Å². The Balaban J connectivity index is 1.62. The summed E-state index contributed by atoms with van der Waals surface area (Å²) in [5, 5.41) is 3.66. The van der Waals surface area contributed by atoms with Crippen molar-refractivity contribution >= 4 is 17.9 Å². The van der Waals surface area contributed by atoms with Gasteiger partial charge in [-0.15, -0.1) is 0 Å². The van der Waals surface area contributed by atoms with E-state index in [1.165, 1.54) is 7.11 Å². The van der Waals surface area contributed by atoms with Crippen molar-refractivity contribution in [1.29, 1.82) is 0 Å². The molecular formula is C29H36N2O5. The molecule has 0 amide bonds. The van der Waals surface area contributed by atoms with E-state index in [9.17, 15) is 9.59 Å². The Bertz CT molecular complexity index is 1100. The normalized spacial score (nSPS) is 24.1. The standard InChI is InChI=1S/C29H36N2O5/c1-5-19-16-31-14-13-26(27(31)15-22(19)24(18-34-2)29(33)36-4)30-25-12-11-21(20-9-7-6-8-10-20)28(35-3)23(25)17-32/h6-12,17-19,22,26-27,30H,5,13-16H2,1-4H3/b24-18+. The lowest BCUT2D eigenvalue weighted by Gasteiger charge is -2.42. The molecule has 0 bridgehead atoms. The van der Waals surface area contributed by atoms with Crippen molar-refractivity contribution in [3.05, 3.63) is 59.9 Å². The minimum absolute atomic E-state index is 0.0478. The molecule has 2 fully saturated rings. The van der Waals surface area contributed by atoms with Gasteiger partial charge < -0.3 is 19.5 Å². The molecule has 2 aliphatic rings. The first-order chi connectivity index (χ1) is 17.6. The number of nitrogens with zero attached hydrogens (tertiary/aromatic N) is 1. The fourth-order valence-corrected chi connectivity index (χ4v) is 5.94. The molecule has 2 aromatic carbocycles. The van der Waals surface area contributed by atoms with Gasteiger partial charge in [0, 0.05) is 36.4 Å². The van der Waals surface area contributed by atoms with Gasteiger partial charge in [0.2, 0.25) is 0 Å². The molecule has 7 heteroatoms. The van der Waals surface area contributed by atoms with Crippen LogP contribution < -0.4 is 10.1 Å². The van der Waals surface area contributed by atoms with Crippen LogP contribution in [-0.2, 0) is 14.3 Å². The van der Waals surface area contributed by atoms with Crippen LogP contribution in [0.3, 0.4) is 0 Å². The van der Waals surface area contributed by atoms with Crippen LogP contribution in [0.5, 0.6) is 5.75 Å². The van der Waals surface area contributed by atoms with Crippen molar-refractivity contribution in [2.45, 2.75) is 38.3 Å². The molecule has 36 heavy (non-hydrogen) atoms. The highest BCUT2D eigenvalue weighted by molar-refractivity contribution is 5.93. The van der Waals surface area contributed by atoms with Gasteiger partial charge in [0.05, 0.1) is 38.7 Å². The number of nitrogens with one attached hydrogen (secondary N) is 1.